The molecule has 1 saturated heterocycles. The molecule has 0 aliphatic carbocycles. The van der Waals surface area contributed by atoms with Gasteiger partial charge in [0, 0.05) is 25.9 Å². The van der Waals surface area contributed by atoms with Gasteiger partial charge in [0.25, 0.3) is 5.91 Å². The maximum absolute atomic E-state index is 13.1. The number of likely N-dealkylation sites (tertiary alicyclic amines) is 1. The van der Waals surface area contributed by atoms with Crippen LogP contribution in [0.25, 0.3) is 0 Å². The Morgan fingerprint density at radius 1 is 1.46 bits per heavy atom. The van der Waals surface area contributed by atoms with Crippen LogP contribution in [0.15, 0.2) is 18.3 Å². The topological polar surface area (TPSA) is 76.0 Å². The summed E-state index contributed by atoms with van der Waals surface area (Å²) in [4.78, 5) is 19.5. The second-order valence-corrected chi connectivity index (χ2v) is 6.48. The van der Waals surface area contributed by atoms with Crippen molar-refractivity contribution in [1.82, 2.24) is 24.6 Å². The number of aromatic amines is 1. The molecule has 3 heterocycles. The first-order valence-electron chi connectivity index (χ1n) is 8.49. The first kappa shape index (κ1) is 16.7. The van der Waals surface area contributed by atoms with Crippen LogP contribution in [-0.2, 0) is 11.3 Å². The number of hydrogen-bond donors (Lipinski definition) is 1. The standard InChI is InChI=1S/C17H25N5O2/c1-12(2)21-10-6-8-14(21)17(23)22-9-5-4-7-13(22)16-18-15(11-24-3)19-20-16/h6,8,10,12-13H,4-5,7,9,11H2,1-3H3,(H,18,19,20)/t13-/m1/s1. The van der Waals surface area contributed by atoms with Gasteiger partial charge in [0.2, 0.25) is 0 Å². The first-order valence-corrected chi connectivity index (χ1v) is 8.49. The number of ether oxygens (including phenoxy) is 1. The fraction of sp³-hybridized carbons (Fsp3) is 0.588. The summed E-state index contributed by atoms with van der Waals surface area (Å²) >= 11 is 0. The number of carbonyl (C=O) groups is 1. The summed E-state index contributed by atoms with van der Waals surface area (Å²) in [7, 11) is 1.62. The molecule has 0 radical (unpaired) electrons. The van der Waals surface area contributed by atoms with Crippen LogP contribution in [0.3, 0.4) is 0 Å². The van der Waals surface area contributed by atoms with Gasteiger partial charge in [-0.1, -0.05) is 0 Å². The van der Waals surface area contributed by atoms with Gasteiger partial charge in [-0.3, -0.25) is 9.89 Å². The second kappa shape index (κ2) is 7.17. The number of nitrogens with one attached hydrogen (secondary N) is 1. The molecule has 1 atom stereocenters. The van der Waals surface area contributed by atoms with Gasteiger partial charge in [-0.05, 0) is 45.2 Å². The summed E-state index contributed by atoms with van der Waals surface area (Å²) in [5, 5.41) is 7.21. The molecule has 1 aliphatic heterocycles. The van der Waals surface area contributed by atoms with Crippen molar-refractivity contribution in [1.29, 1.82) is 0 Å². The summed E-state index contributed by atoms with van der Waals surface area (Å²) in [6.07, 6.45) is 4.94. The van der Waals surface area contributed by atoms with Crippen LogP contribution in [0.1, 0.15) is 67.3 Å². The number of amides is 1. The molecule has 7 nitrogen and oxygen atoms in total. The molecule has 7 heteroatoms. The number of hydrogen-bond acceptors (Lipinski definition) is 4. The summed E-state index contributed by atoms with van der Waals surface area (Å²) in [6, 6.07) is 3.99. The quantitative estimate of drug-likeness (QED) is 0.914. The Morgan fingerprint density at radius 2 is 2.29 bits per heavy atom. The fourth-order valence-electron chi connectivity index (χ4n) is 3.28. The molecule has 1 fully saturated rings. The Bertz CT molecular complexity index is 691. The molecule has 2 aromatic heterocycles. The van der Waals surface area contributed by atoms with E-state index in [0.29, 0.717) is 18.3 Å². The second-order valence-electron chi connectivity index (χ2n) is 6.48. The molecule has 1 N–H and O–H groups in total. The van der Waals surface area contributed by atoms with Gasteiger partial charge in [0.1, 0.15) is 12.3 Å². The monoisotopic (exact) mass is 331 g/mol. The molecule has 0 bridgehead atoms. The van der Waals surface area contributed by atoms with Crippen molar-refractivity contribution < 1.29 is 9.53 Å². The van der Waals surface area contributed by atoms with Gasteiger partial charge in [-0.15, -0.1) is 0 Å². The molecule has 0 saturated carbocycles. The molecule has 0 spiro atoms. The van der Waals surface area contributed by atoms with Crippen molar-refractivity contribution in [3.8, 4) is 0 Å². The van der Waals surface area contributed by atoms with Crippen molar-refractivity contribution in [3.05, 3.63) is 35.7 Å². The smallest absolute Gasteiger partial charge is 0.271 e. The van der Waals surface area contributed by atoms with Gasteiger partial charge in [-0.25, -0.2) is 4.98 Å². The average Bonchev–Trinajstić information content (AvgIpc) is 3.24. The van der Waals surface area contributed by atoms with Crippen LogP contribution in [0.4, 0.5) is 0 Å². The zero-order chi connectivity index (χ0) is 17.1. The Balaban J connectivity index is 1.86. The van der Waals surface area contributed by atoms with E-state index in [2.05, 4.69) is 29.0 Å². The van der Waals surface area contributed by atoms with E-state index in [1.165, 1.54) is 0 Å². The number of rotatable bonds is 5. The number of carbonyl (C=O) groups excluding carboxylic acids is 1. The van der Waals surface area contributed by atoms with E-state index in [1.807, 2.05) is 27.8 Å². The fourth-order valence-corrected chi connectivity index (χ4v) is 3.28. The van der Waals surface area contributed by atoms with Gasteiger partial charge in [0.15, 0.2) is 11.6 Å². The molecule has 1 aliphatic rings. The Kier molecular flexibility index (Phi) is 4.99. The van der Waals surface area contributed by atoms with E-state index in [1.54, 1.807) is 7.11 Å². The van der Waals surface area contributed by atoms with E-state index in [4.69, 9.17) is 4.74 Å². The highest BCUT2D eigenvalue weighted by atomic mass is 16.5. The third-order valence-electron chi connectivity index (χ3n) is 4.45. The summed E-state index contributed by atoms with van der Waals surface area (Å²) in [6.45, 7) is 5.29. The number of H-pyrrole nitrogens is 1. The Hall–Kier alpha value is -2.15. The highest BCUT2D eigenvalue weighted by Gasteiger charge is 2.32. The van der Waals surface area contributed by atoms with Crippen LogP contribution in [0, 0.1) is 0 Å². The molecule has 0 unspecified atom stereocenters. The lowest BCUT2D eigenvalue weighted by molar-refractivity contribution is 0.0587. The maximum atomic E-state index is 13.1. The molecular formula is C17H25N5O2. The zero-order valence-corrected chi connectivity index (χ0v) is 14.5. The van der Waals surface area contributed by atoms with E-state index >= 15 is 0 Å². The third-order valence-corrected chi connectivity index (χ3v) is 4.45. The van der Waals surface area contributed by atoms with Gasteiger partial charge < -0.3 is 14.2 Å². The highest BCUT2D eigenvalue weighted by Crippen LogP contribution is 2.30. The van der Waals surface area contributed by atoms with Crippen LogP contribution in [-0.4, -0.2) is 44.2 Å². The molecule has 2 aromatic rings. The van der Waals surface area contributed by atoms with E-state index in [9.17, 15) is 4.79 Å². The third kappa shape index (κ3) is 3.21. The number of piperidine rings is 1. The van der Waals surface area contributed by atoms with E-state index in [0.717, 1.165) is 31.5 Å². The molecular weight excluding hydrogens is 306 g/mol. The van der Waals surface area contributed by atoms with Gasteiger partial charge in [-0.2, -0.15) is 5.10 Å². The van der Waals surface area contributed by atoms with Crippen LogP contribution in [0.5, 0.6) is 0 Å². The molecule has 1 amide bonds. The minimum atomic E-state index is -0.0800. The van der Waals surface area contributed by atoms with Crippen molar-refractivity contribution >= 4 is 5.91 Å². The number of methoxy groups -OCH3 is 1. The largest absolute Gasteiger partial charge is 0.377 e. The van der Waals surface area contributed by atoms with Crippen molar-refractivity contribution in [3.63, 3.8) is 0 Å². The lowest BCUT2D eigenvalue weighted by atomic mass is 10.0. The normalized spacial score (nSPS) is 18.3. The summed E-state index contributed by atoms with van der Waals surface area (Å²) < 4.78 is 7.10. The average molecular weight is 331 g/mol. The highest BCUT2D eigenvalue weighted by molar-refractivity contribution is 5.93. The van der Waals surface area contributed by atoms with Crippen LogP contribution >= 0.6 is 0 Å². The molecule has 130 valence electrons. The predicted octanol–water partition coefficient (Wildman–Crippen LogP) is 2.70. The first-order chi connectivity index (χ1) is 11.6. The van der Waals surface area contributed by atoms with Crippen LogP contribution in [0.2, 0.25) is 0 Å². The van der Waals surface area contributed by atoms with E-state index in [-0.39, 0.29) is 18.0 Å². The van der Waals surface area contributed by atoms with Crippen LogP contribution < -0.4 is 0 Å². The lowest BCUT2D eigenvalue weighted by Crippen LogP contribution is -2.40. The Labute approximate surface area is 142 Å². The summed E-state index contributed by atoms with van der Waals surface area (Å²) in [5.74, 6) is 1.42. The Morgan fingerprint density at radius 3 is 3.04 bits per heavy atom. The van der Waals surface area contributed by atoms with E-state index < -0.39 is 0 Å². The van der Waals surface area contributed by atoms with Crippen molar-refractivity contribution in [2.45, 2.75) is 51.8 Å². The number of aromatic nitrogens is 4. The minimum Gasteiger partial charge on any atom is -0.377 e. The van der Waals surface area contributed by atoms with Gasteiger partial charge in [0.05, 0.1) is 6.04 Å². The predicted molar refractivity (Wildman–Crippen MR) is 89.5 cm³/mol. The minimum absolute atomic E-state index is 0.0523. The maximum Gasteiger partial charge on any atom is 0.271 e. The summed E-state index contributed by atoms with van der Waals surface area (Å²) in [5.41, 5.74) is 0.726. The lowest BCUT2D eigenvalue weighted by Gasteiger charge is -2.34. The SMILES string of the molecule is COCc1nc([C@H]2CCCCN2C(=O)c2cccn2C(C)C)n[nH]1. The molecule has 24 heavy (non-hydrogen) atoms. The van der Waals surface area contributed by atoms with Crippen molar-refractivity contribution in [2.24, 2.45) is 0 Å². The molecule has 3 rings (SSSR count). The van der Waals surface area contributed by atoms with Gasteiger partial charge >= 0.3 is 0 Å². The van der Waals surface area contributed by atoms with Crippen molar-refractivity contribution in [2.75, 3.05) is 13.7 Å². The zero-order valence-electron chi connectivity index (χ0n) is 14.5. The molecule has 0 aromatic carbocycles. The number of nitrogens with zero attached hydrogens (tertiary/aromatic N) is 4.